The molecule has 0 heterocycles. The van der Waals surface area contributed by atoms with Crippen LogP contribution in [0.2, 0.25) is 5.82 Å². The van der Waals surface area contributed by atoms with Gasteiger partial charge in [0.25, 0.3) is 0 Å². The minimum absolute atomic E-state index is 0.456. The van der Waals surface area contributed by atoms with Crippen molar-refractivity contribution in [3.8, 4) is 0 Å². The van der Waals surface area contributed by atoms with Crippen LogP contribution in [-0.4, -0.2) is 26.4 Å². The molecule has 0 saturated carbocycles. The number of oxime groups is 1. The molecule has 0 bridgehead atoms. The summed E-state index contributed by atoms with van der Waals surface area (Å²) in [4.78, 5) is 0. The van der Waals surface area contributed by atoms with Crippen LogP contribution in [0.1, 0.15) is 5.56 Å². The van der Waals surface area contributed by atoms with Gasteiger partial charge in [-0.1, -0.05) is 0 Å². The van der Waals surface area contributed by atoms with Crippen LogP contribution in [-0.2, 0) is 0 Å². The fourth-order valence-electron chi connectivity index (χ4n) is 0.835. The molecule has 1 aromatic carbocycles. The summed E-state index contributed by atoms with van der Waals surface area (Å²) >= 11 is 0.456. The minimum atomic E-state index is 0.456. The van der Waals surface area contributed by atoms with Gasteiger partial charge in [-0.15, -0.1) is 0 Å². The third kappa shape index (κ3) is 2.07. The Morgan fingerprint density at radius 2 is 2.18 bits per heavy atom. The Kier molecular flexibility index (Phi) is 3.14. The number of benzene rings is 1. The first-order chi connectivity index (χ1) is 5.38. The molecular formula is C8H9NOSe. The Morgan fingerprint density at radius 1 is 1.45 bits per heavy atom. The molecule has 0 aromatic heterocycles. The normalized spacial score (nSPS) is 10.6. The summed E-state index contributed by atoms with van der Waals surface area (Å²) in [5, 5.41) is 11.3. The van der Waals surface area contributed by atoms with Gasteiger partial charge in [0.2, 0.25) is 0 Å². The molecule has 0 spiro atoms. The van der Waals surface area contributed by atoms with E-state index in [1.54, 1.807) is 0 Å². The van der Waals surface area contributed by atoms with Gasteiger partial charge in [0.15, 0.2) is 0 Å². The average Bonchev–Trinajstić information content (AvgIpc) is 2.06. The summed E-state index contributed by atoms with van der Waals surface area (Å²) in [5.41, 5.74) is 1.01. The summed E-state index contributed by atoms with van der Waals surface area (Å²) in [7, 11) is 0. The van der Waals surface area contributed by atoms with Gasteiger partial charge in [-0.2, -0.15) is 0 Å². The molecule has 1 rings (SSSR count). The second-order valence-electron chi connectivity index (χ2n) is 1.99. The molecule has 0 aliphatic rings. The van der Waals surface area contributed by atoms with Gasteiger partial charge in [-0.3, -0.25) is 0 Å². The van der Waals surface area contributed by atoms with Gasteiger partial charge < -0.3 is 0 Å². The zero-order valence-corrected chi connectivity index (χ0v) is 7.90. The third-order valence-electron chi connectivity index (χ3n) is 1.34. The second-order valence-corrected chi connectivity index (χ2v) is 3.77. The maximum absolute atomic E-state index is 8.32. The van der Waals surface area contributed by atoms with Crippen molar-refractivity contribution < 1.29 is 5.21 Å². The molecule has 0 atom stereocenters. The molecule has 0 unspecified atom stereocenters. The zero-order valence-electron chi connectivity index (χ0n) is 6.19. The first kappa shape index (κ1) is 8.31. The molecule has 0 aliphatic heterocycles. The maximum atomic E-state index is 8.32. The van der Waals surface area contributed by atoms with E-state index in [1.165, 1.54) is 10.7 Å². The SMILES string of the molecule is C[Se]c1ccccc1/C=N/O. The predicted octanol–water partition coefficient (Wildman–Crippen LogP) is 0.872. The van der Waals surface area contributed by atoms with Crippen molar-refractivity contribution in [3.63, 3.8) is 0 Å². The van der Waals surface area contributed by atoms with E-state index in [9.17, 15) is 0 Å². The van der Waals surface area contributed by atoms with Gasteiger partial charge in [0.1, 0.15) is 0 Å². The Morgan fingerprint density at radius 3 is 2.82 bits per heavy atom. The summed E-state index contributed by atoms with van der Waals surface area (Å²) in [5.74, 6) is 2.14. The van der Waals surface area contributed by atoms with E-state index >= 15 is 0 Å². The molecule has 11 heavy (non-hydrogen) atoms. The van der Waals surface area contributed by atoms with E-state index in [2.05, 4.69) is 17.0 Å². The Balaban J connectivity index is 3.02. The molecule has 0 aliphatic carbocycles. The molecule has 0 amide bonds. The number of nitrogens with zero attached hydrogens (tertiary/aromatic N) is 1. The van der Waals surface area contributed by atoms with Crippen LogP contribution < -0.4 is 4.46 Å². The van der Waals surface area contributed by atoms with E-state index < -0.39 is 0 Å². The van der Waals surface area contributed by atoms with Crippen molar-refractivity contribution in [2.45, 2.75) is 5.82 Å². The van der Waals surface area contributed by atoms with Gasteiger partial charge >= 0.3 is 71.6 Å². The van der Waals surface area contributed by atoms with Gasteiger partial charge in [0.05, 0.1) is 0 Å². The van der Waals surface area contributed by atoms with Crippen LogP contribution in [0.15, 0.2) is 29.4 Å². The van der Waals surface area contributed by atoms with Crippen LogP contribution in [0.4, 0.5) is 0 Å². The van der Waals surface area contributed by atoms with E-state index in [-0.39, 0.29) is 0 Å². The van der Waals surface area contributed by atoms with Crippen molar-refractivity contribution in [2.24, 2.45) is 5.16 Å². The predicted molar refractivity (Wildman–Crippen MR) is 47.1 cm³/mol. The van der Waals surface area contributed by atoms with Crippen LogP contribution >= 0.6 is 0 Å². The number of rotatable bonds is 2. The van der Waals surface area contributed by atoms with Gasteiger partial charge in [-0.25, -0.2) is 0 Å². The third-order valence-corrected chi connectivity index (χ3v) is 3.04. The van der Waals surface area contributed by atoms with E-state index in [4.69, 9.17) is 5.21 Å². The van der Waals surface area contributed by atoms with Crippen molar-refractivity contribution in [1.82, 2.24) is 0 Å². The quantitative estimate of drug-likeness (QED) is 0.337. The van der Waals surface area contributed by atoms with E-state index in [0.717, 1.165) is 5.56 Å². The first-order valence-corrected chi connectivity index (χ1v) is 5.76. The Labute approximate surface area is 72.1 Å². The molecular weight excluding hydrogens is 205 g/mol. The van der Waals surface area contributed by atoms with Crippen molar-refractivity contribution in [2.75, 3.05) is 0 Å². The first-order valence-electron chi connectivity index (χ1n) is 3.19. The summed E-state index contributed by atoms with van der Waals surface area (Å²) in [6, 6.07) is 7.93. The van der Waals surface area contributed by atoms with Crippen LogP contribution in [0, 0.1) is 0 Å². The van der Waals surface area contributed by atoms with Crippen molar-refractivity contribution >= 4 is 25.6 Å². The van der Waals surface area contributed by atoms with Gasteiger partial charge in [0, 0.05) is 0 Å². The summed E-state index contributed by atoms with van der Waals surface area (Å²) < 4.78 is 1.26. The monoisotopic (exact) mass is 215 g/mol. The second kappa shape index (κ2) is 4.16. The number of hydrogen-bond donors (Lipinski definition) is 1. The molecule has 58 valence electrons. The molecule has 1 N–H and O–H groups in total. The topological polar surface area (TPSA) is 32.6 Å². The Hall–Kier alpha value is -0.791. The molecule has 3 heteroatoms. The Bertz CT molecular complexity index is 260. The van der Waals surface area contributed by atoms with Gasteiger partial charge in [-0.05, 0) is 0 Å². The summed E-state index contributed by atoms with van der Waals surface area (Å²) in [6.07, 6.45) is 1.47. The molecule has 1 aromatic rings. The summed E-state index contributed by atoms with van der Waals surface area (Å²) in [6.45, 7) is 0. The van der Waals surface area contributed by atoms with Crippen LogP contribution in [0.25, 0.3) is 0 Å². The van der Waals surface area contributed by atoms with E-state index in [0.29, 0.717) is 15.0 Å². The average molecular weight is 214 g/mol. The standard InChI is InChI=1S/C8H9NOSe/c1-11-8-5-3-2-4-7(8)6-9-10/h2-6,10H,1H3/b9-6+. The number of hydrogen-bond acceptors (Lipinski definition) is 2. The molecule has 0 saturated heterocycles. The molecule has 0 fully saturated rings. The molecule has 0 radical (unpaired) electrons. The van der Waals surface area contributed by atoms with E-state index in [1.807, 2.05) is 18.2 Å². The van der Waals surface area contributed by atoms with Crippen molar-refractivity contribution in [1.29, 1.82) is 0 Å². The fourth-order valence-corrected chi connectivity index (χ4v) is 2.03. The van der Waals surface area contributed by atoms with Crippen LogP contribution in [0.5, 0.6) is 0 Å². The van der Waals surface area contributed by atoms with Crippen molar-refractivity contribution in [3.05, 3.63) is 29.8 Å². The fraction of sp³-hybridized carbons (Fsp3) is 0.125. The zero-order chi connectivity index (χ0) is 8.10. The van der Waals surface area contributed by atoms with Crippen LogP contribution in [0.3, 0.4) is 0 Å². The molecule has 2 nitrogen and oxygen atoms in total.